The van der Waals surface area contributed by atoms with Crippen molar-refractivity contribution in [1.82, 2.24) is 0 Å². The summed E-state index contributed by atoms with van der Waals surface area (Å²) in [5.74, 6) is 0.516. The van der Waals surface area contributed by atoms with Crippen LogP contribution in [0.15, 0.2) is 23.3 Å². The molecule has 0 aromatic heterocycles. The van der Waals surface area contributed by atoms with Crippen molar-refractivity contribution in [2.75, 3.05) is 34.2 Å². The third-order valence-corrected chi connectivity index (χ3v) is 15.4. The van der Waals surface area contributed by atoms with Crippen LogP contribution in [0.4, 0.5) is 0 Å². The second-order valence-corrected chi connectivity index (χ2v) is 27.4. The summed E-state index contributed by atoms with van der Waals surface area (Å²) in [4.78, 5) is 43.1. The SMILES string of the molecule is CC/C(=C\Cc1c(O)c2c(c(C)c1OC)COC2=O)CC(C#N)P(=O)(O)O.CC/C(=C\Cc1c(OC)c(C)c2c(c1OCC[Si](C)(C)C)C(=O)OC2)CC(C#N)P(C)(C)=O. The summed E-state index contributed by atoms with van der Waals surface area (Å²) in [6.45, 7) is 18.6. The van der Waals surface area contributed by atoms with E-state index in [0.717, 1.165) is 34.7 Å². The minimum Gasteiger partial charge on any atom is -0.507 e. The summed E-state index contributed by atoms with van der Waals surface area (Å²) in [7, 11) is -5.30. The average molecular weight is 887 g/mol. The smallest absolute Gasteiger partial charge is 0.342 e. The Labute approximate surface area is 355 Å². The summed E-state index contributed by atoms with van der Waals surface area (Å²) in [5.41, 5.74) is 4.63. The summed E-state index contributed by atoms with van der Waals surface area (Å²) in [6.07, 6.45) is 6.05. The fourth-order valence-corrected chi connectivity index (χ4v) is 9.32. The van der Waals surface area contributed by atoms with Gasteiger partial charge in [0.1, 0.15) is 53.0 Å². The zero-order valence-electron chi connectivity index (χ0n) is 36.7. The monoisotopic (exact) mass is 886 g/mol. The van der Waals surface area contributed by atoms with Gasteiger partial charge >= 0.3 is 19.5 Å². The van der Waals surface area contributed by atoms with E-state index in [4.69, 9.17) is 28.9 Å². The topological polar surface area (TPSA) is 223 Å². The largest absolute Gasteiger partial charge is 0.507 e. The van der Waals surface area contributed by atoms with Crippen molar-refractivity contribution < 1.29 is 57.3 Å². The van der Waals surface area contributed by atoms with Crippen molar-refractivity contribution >= 4 is 34.8 Å². The minimum absolute atomic E-state index is 0.0758. The number of methoxy groups -OCH3 is 2. The third kappa shape index (κ3) is 12.1. The lowest BCUT2D eigenvalue weighted by atomic mass is 9.94. The molecule has 0 radical (unpaired) electrons. The maximum Gasteiger partial charge on any atom is 0.342 e. The maximum atomic E-state index is 12.6. The first-order valence-corrected chi connectivity index (χ1v) is 27.9. The Bertz CT molecular complexity index is 2200. The molecule has 3 N–H and O–H groups in total. The molecule has 2 heterocycles. The molecule has 2 aliphatic rings. The Morgan fingerprint density at radius 3 is 1.68 bits per heavy atom. The number of benzene rings is 2. The van der Waals surface area contributed by atoms with Gasteiger partial charge in [-0.05, 0) is 82.9 Å². The number of phenolic OH excluding ortho intramolecular Hbond substituents is 1. The predicted octanol–water partition coefficient (Wildman–Crippen LogP) is 8.89. The average Bonchev–Trinajstić information content (AvgIpc) is 3.76. The van der Waals surface area contributed by atoms with Gasteiger partial charge in [0.25, 0.3) is 0 Å². The number of nitriles is 2. The second-order valence-electron chi connectivity index (χ2n) is 16.5. The Kier molecular flexibility index (Phi) is 17.4. The van der Waals surface area contributed by atoms with Crippen molar-refractivity contribution in [3.63, 3.8) is 0 Å². The van der Waals surface area contributed by atoms with Crippen molar-refractivity contribution in [1.29, 1.82) is 10.5 Å². The molecule has 4 rings (SSSR count). The number of phenols is 1. The predicted molar refractivity (Wildman–Crippen MR) is 233 cm³/mol. The molecule has 2 unspecified atom stereocenters. The number of rotatable bonds is 18. The number of ether oxygens (including phenoxy) is 5. The number of cyclic esters (lactones) is 2. The highest BCUT2D eigenvalue weighted by atomic mass is 31.2. The van der Waals surface area contributed by atoms with Crippen LogP contribution in [0.1, 0.15) is 93.6 Å². The third-order valence-electron chi connectivity index (χ3n) is 10.8. The number of carbonyl (C=O) groups is 2. The van der Waals surface area contributed by atoms with Crippen LogP contribution in [0, 0.1) is 36.5 Å². The molecule has 14 nitrogen and oxygen atoms in total. The standard InChI is InChI=1S/C25H38NO5PSi.C18H22NO7P/c1-9-18(14-19(15-26)32(4,5)28)10-11-20-23(29-3)17(2)21-16-31-25(27)22(21)24(20)30-12-13-33(6,7)8;1-4-11(7-12(8-19)27(22,23)24)5-6-13-16(20)15-14(9-26-18(15)21)10(2)17(13)25-3/h10,19H,9,11-14,16H2,1-8H3;5,12,20H,4,6-7,9H2,1-3H3,(H2,22,23,24)/b18-10+;11-5+. The van der Waals surface area contributed by atoms with E-state index >= 15 is 0 Å². The van der Waals surface area contributed by atoms with Crippen LogP contribution in [-0.4, -0.2) is 80.4 Å². The summed E-state index contributed by atoms with van der Waals surface area (Å²) >= 11 is 0. The Morgan fingerprint density at radius 2 is 1.25 bits per heavy atom. The van der Waals surface area contributed by atoms with Gasteiger partial charge in [-0.25, -0.2) is 9.59 Å². The normalized spacial score (nSPS) is 15.1. The van der Waals surface area contributed by atoms with Gasteiger partial charge in [0.2, 0.25) is 0 Å². The maximum absolute atomic E-state index is 12.6. The van der Waals surface area contributed by atoms with E-state index in [1.807, 2.05) is 20.8 Å². The molecule has 60 heavy (non-hydrogen) atoms. The first kappa shape index (κ1) is 50.0. The number of aromatic hydroxyl groups is 1. The molecule has 0 bridgehead atoms. The van der Waals surface area contributed by atoms with Crippen LogP contribution >= 0.6 is 14.7 Å². The number of esters is 2. The van der Waals surface area contributed by atoms with Gasteiger partial charge in [-0.1, -0.05) is 56.8 Å². The lowest BCUT2D eigenvalue weighted by Gasteiger charge is -2.22. The van der Waals surface area contributed by atoms with Crippen molar-refractivity contribution in [2.45, 2.75) is 116 Å². The molecular formula is C43H60N2O12P2Si. The summed E-state index contributed by atoms with van der Waals surface area (Å²) in [6, 6.07) is 4.83. The number of allylic oxidation sites excluding steroid dienone is 4. The van der Waals surface area contributed by atoms with E-state index in [9.17, 15) is 38.9 Å². The van der Waals surface area contributed by atoms with E-state index < -0.39 is 40.1 Å². The van der Waals surface area contributed by atoms with Gasteiger partial charge in [-0.3, -0.25) is 4.57 Å². The Hall–Kier alpha value is -4.36. The quantitative estimate of drug-likeness (QED) is 0.0551. The fraction of sp³-hybridized carbons (Fsp3) is 0.535. The molecule has 2 aliphatic heterocycles. The van der Waals surface area contributed by atoms with Crippen LogP contribution in [-0.2, 0) is 44.7 Å². The highest BCUT2D eigenvalue weighted by molar-refractivity contribution is 7.63. The molecule has 17 heteroatoms. The van der Waals surface area contributed by atoms with E-state index in [2.05, 4.69) is 31.8 Å². The number of fused-ring (bicyclic) bond motifs is 2. The fourth-order valence-electron chi connectivity index (χ4n) is 7.03. The second kappa shape index (κ2) is 20.9. The van der Waals surface area contributed by atoms with Crippen molar-refractivity contribution in [3.05, 3.63) is 67.8 Å². The molecule has 0 saturated carbocycles. The van der Waals surface area contributed by atoms with Gasteiger partial charge in [0.05, 0.1) is 40.1 Å². The first-order chi connectivity index (χ1) is 28.0. The molecule has 2 aromatic carbocycles. The summed E-state index contributed by atoms with van der Waals surface area (Å²) in [5, 5.41) is 29.1. The number of hydrogen-bond donors (Lipinski definition) is 3. The number of hydrogen-bond acceptors (Lipinski definition) is 12. The van der Waals surface area contributed by atoms with Gasteiger partial charge in [0.15, 0.2) is 5.66 Å². The van der Waals surface area contributed by atoms with E-state index in [0.29, 0.717) is 70.9 Å². The Morgan fingerprint density at radius 1 is 0.800 bits per heavy atom. The highest BCUT2D eigenvalue weighted by Crippen LogP contribution is 2.47. The van der Waals surface area contributed by atoms with Crippen LogP contribution in [0.25, 0.3) is 0 Å². The zero-order valence-corrected chi connectivity index (χ0v) is 39.5. The van der Waals surface area contributed by atoms with Crippen LogP contribution in [0.3, 0.4) is 0 Å². The van der Waals surface area contributed by atoms with E-state index in [-0.39, 0.29) is 43.3 Å². The lowest BCUT2D eigenvalue weighted by molar-refractivity contribution is 0.0523. The molecule has 2 aromatic rings. The zero-order chi connectivity index (χ0) is 45.3. The molecule has 0 amide bonds. The van der Waals surface area contributed by atoms with E-state index in [1.165, 1.54) is 7.11 Å². The Balaban J connectivity index is 0.000000327. The molecule has 0 spiro atoms. The van der Waals surface area contributed by atoms with Gasteiger partial charge in [-0.2, -0.15) is 10.5 Å². The van der Waals surface area contributed by atoms with Crippen molar-refractivity contribution in [3.8, 4) is 35.1 Å². The van der Waals surface area contributed by atoms with Crippen LogP contribution in [0.5, 0.6) is 23.0 Å². The van der Waals surface area contributed by atoms with Crippen LogP contribution in [0.2, 0.25) is 25.7 Å². The highest BCUT2D eigenvalue weighted by Gasteiger charge is 2.35. The van der Waals surface area contributed by atoms with Crippen molar-refractivity contribution in [2.24, 2.45) is 0 Å². The number of carbonyl (C=O) groups excluding carboxylic acids is 2. The van der Waals surface area contributed by atoms with Gasteiger partial charge in [-0.15, -0.1) is 0 Å². The van der Waals surface area contributed by atoms with E-state index in [1.54, 1.807) is 39.5 Å². The molecule has 2 atom stereocenters. The van der Waals surface area contributed by atoms with Gasteiger partial charge < -0.3 is 43.1 Å². The lowest BCUT2D eigenvalue weighted by Crippen LogP contribution is -2.23. The molecular weight excluding hydrogens is 827 g/mol. The molecule has 0 aliphatic carbocycles. The summed E-state index contributed by atoms with van der Waals surface area (Å²) < 4.78 is 51.7. The first-order valence-electron chi connectivity index (χ1n) is 19.8. The minimum atomic E-state index is -4.53. The van der Waals surface area contributed by atoms with Crippen LogP contribution < -0.4 is 14.2 Å². The molecule has 328 valence electrons. The molecule has 0 saturated heterocycles. The number of nitrogens with zero attached hydrogens (tertiary/aromatic N) is 2. The van der Waals surface area contributed by atoms with Gasteiger partial charge in [0, 0.05) is 30.3 Å². The molecule has 0 fully saturated rings.